The molecule has 0 spiro atoms. The van der Waals surface area contributed by atoms with Crippen LogP contribution in [0.25, 0.3) is 17.0 Å². The highest BCUT2D eigenvalue weighted by molar-refractivity contribution is 6.74. The summed E-state index contributed by atoms with van der Waals surface area (Å²) < 4.78 is 12.3. The SMILES string of the molecule is CC=Cc1cc(O[Si](C)(C)C(C)(C)C)cc2c(CCC3CCN(C(=O)O)CC3)noc12. The highest BCUT2D eigenvalue weighted by atomic mass is 28.4. The van der Waals surface area contributed by atoms with Gasteiger partial charge in [-0.2, -0.15) is 0 Å². The van der Waals surface area contributed by atoms with Crippen molar-refractivity contribution >= 4 is 31.5 Å². The zero-order chi connectivity index (χ0) is 22.8. The average Bonchev–Trinajstić information content (AvgIpc) is 3.09. The van der Waals surface area contributed by atoms with Crippen LogP contribution in [0, 0.1) is 5.92 Å². The van der Waals surface area contributed by atoms with Crippen molar-refractivity contribution in [2.24, 2.45) is 5.92 Å². The van der Waals surface area contributed by atoms with Gasteiger partial charge in [-0.15, -0.1) is 0 Å². The predicted molar refractivity (Wildman–Crippen MR) is 127 cm³/mol. The van der Waals surface area contributed by atoms with E-state index >= 15 is 0 Å². The lowest BCUT2D eigenvalue weighted by molar-refractivity contribution is 0.123. The van der Waals surface area contributed by atoms with Gasteiger partial charge in [0.2, 0.25) is 8.32 Å². The van der Waals surface area contributed by atoms with E-state index in [-0.39, 0.29) is 5.04 Å². The van der Waals surface area contributed by atoms with Gasteiger partial charge in [-0.25, -0.2) is 4.79 Å². The molecule has 1 aliphatic heterocycles. The lowest BCUT2D eigenvalue weighted by Crippen LogP contribution is -2.43. The smallest absolute Gasteiger partial charge is 0.407 e. The Kier molecular flexibility index (Phi) is 6.84. The number of benzene rings is 1. The minimum atomic E-state index is -1.96. The first-order valence-electron chi connectivity index (χ1n) is 11.2. The molecule has 0 atom stereocenters. The third kappa shape index (κ3) is 5.32. The Morgan fingerprint density at radius 2 is 2.00 bits per heavy atom. The largest absolute Gasteiger partial charge is 0.543 e. The van der Waals surface area contributed by atoms with E-state index in [1.54, 1.807) is 0 Å². The fourth-order valence-corrected chi connectivity index (χ4v) is 4.85. The Labute approximate surface area is 186 Å². The van der Waals surface area contributed by atoms with Crippen molar-refractivity contribution in [3.05, 3.63) is 29.5 Å². The van der Waals surface area contributed by atoms with E-state index < -0.39 is 14.4 Å². The van der Waals surface area contributed by atoms with Crippen molar-refractivity contribution in [3.8, 4) is 5.75 Å². The number of piperidine rings is 1. The molecule has 1 aromatic carbocycles. The van der Waals surface area contributed by atoms with Crippen LogP contribution >= 0.6 is 0 Å². The summed E-state index contributed by atoms with van der Waals surface area (Å²) in [6.45, 7) is 14.5. The summed E-state index contributed by atoms with van der Waals surface area (Å²) in [6, 6.07) is 4.14. The monoisotopic (exact) mass is 444 g/mol. The van der Waals surface area contributed by atoms with Gasteiger partial charge in [0, 0.05) is 24.0 Å². The maximum absolute atomic E-state index is 11.1. The molecule has 0 radical (unpaired) electrons. The van der Waals surface area contributed by atoms with Crippen LogP contribution in [0.15, 0.2) is 22.7 Å². The zero-order valence-corrected chi connectivity index (χ0v) is 20.7. The van der Waals surface area contributed by atoms with Gasteiger partial charge in [0.25, 0.3) is 0 Å². The van der Waals surface area contributed by atoms with Gasteiger partial charge in [-0.1, -0.05) is 38.1 Å². The lowest BCUT2D eigenvalue weighted by Gasteiger charge is -2.36. The van der Waals surface area contributed by atoms with Crippen molar-refractivity contribution in [3.63, 3.8) is 0 Å². The van der Waals surface area contributed by atoms with Crippen molar-refractivity contribution in [1.29, 1.82) is 0 Å². The van der Waals surface area contributed by atoms with Gasteiger partial charge in [-0.3, -0.25) is 0 Å². The number of carbonyl (C=O) groups is 1. The Morgan fingerprint density at radius 3 is 2.58 bits per heavy atom. The number of likely N-dealkylation sites (tertiary alicyclic amines) is 1. The predicted octanol–water partition coefficient (Wildman–Crippen LogP) is 6.57. The Hall–Kier alpha value is -2.28. The van der Waals surface area contributed by atoms with Gasteiger partial charge in [0.15, 0.2) is 5.58 Å². The number of nitrogens with zero attached hydrogens (tertiary/aromatic N) is 2. The molecular weight excluding hydrogens is 408 g/mol. The van der Waals surface area contributed by atoms with Crippen LogP contribution in [0.5, 0.6) is 5.75 Å². The number of hydrogen-bond acceptors (Lipinski definition) is 4. The summed E-state index contributed by atoms with van der Waals surface area (Å²) in [5.41, 5.74) is 2.75. The molecule has 2 aromatic rings. The summed E-state index contributed by atoms with van der Waals surface area (Å²) in [5.74, 6) is 1.40. The molecule has 0 aliphatic carbocycles. The topological polar surface area (TPSA) is 75.8 Å². The summed E-state index contributed by atoms with van der Waals surface area (Å²) in [5, 5.41) is 14.7. The fourth-order valence-electron chi connectivity index (χ4n) is 3.83. The second kappa shape index (κ2) is 9.07. The van der Waals surface area contributed by atoms with Gasteiger partial charge in [0.05, 0.1) is 5.69 Å². The maximum Gasteiger partial charge on any atom is 0.407 e. The molecule has 7 heteroatoms. The average molecular weight is 445 g/mol. The van der Waals surface area contributed by atoms with E-state index in [1.165, 1.54) is 4.90 Å². The van der Waals surface area contributed by atoms with Crippen LogP contribution in [-0.2, 0) is 6.42 Å². The molecule has 1 amide bonds. The number of aryl methyl sites for hydroxylation is 1. The minimum absolute atomic E-state index is 0.116. The van der Waals surface area contributed by atoms with Crippen LogP contribution in [0.2, 0.25) is 18.1 Å². The second-order valence-electron chi connectivity index (χ2n) is 10.1. The molecule has 0 bridgehead atoms. The van der Waals surface area contributed by atoms with Crippen LogP contribution < -0.4 is 4.43 Å². The maximum atomic E-state index is 11.1. The summed E-state index contributed by atoms with van der Waals surface area (Å²) >= 11 is 0. The molecule has 170 valence electrons. The third-order valence-corrected chi connectivity index (χ3v) is 11.2. The highest BCUT2D eigenvalue weighted by Gasteiger charge is 2.39. The van der Waals surface area contributed by atoms with E-state index in [1.807, 2.05) is 19.1 Å². The molecule has 1 fully saturated rings. The van der Waals surface area contributed by atoms with Crippen molar-refractivity contribution in [1.82, 2.24) is 10.1 Å². The minimum Gasteiger partial charge on any atom is -0.543 e. The van der Waals surface area contributed by atoms with Crippen LogP contribution in [-0.4, -0.2) is 42.7 Å². The zero-order valence-electron chi connectivity index (χ0n) is 19.7. The molecule has 3 rings (SSSR count). The molecular formula is C24H36N2O4Si. The molecule has 2 heterocycles. The van der Waals surface area contributed by atoms with Gasteiger partial charge < -0.3 is 19.0 Å². The first-order valence-corrected chi connectivity index (χ1v) is 14.1. The number of amides is 1. The standard InChI is InChI=1S/C24H36N2O4Si/c1-7-8-18-15-19(30-31(5,6)24(2,3)4)16-20-21(25-29-22(18)20)10-9-17-11-13-26(14-12-17)23(27)28/h7-8,15-17H,9-14H2,1-6H3,(H,27,28). The number of carboxylic acid groups (broad SMARTS) is 1. The molecule has 1 N–H and O–H groups in total. The highest BCUT2D eigenvalue weighted by Crippen LogP contribution is 2.39. The van der Waals surface area contributed by atoms with Crippen molar-refractivity contribution in [2.45, 2.75) is 71.5 Å². The van der Waals surface area contributed by atoms with E-state index in [0.717, 1.165) is 53.7 Å². The van der Waals surface area contributed by atoms with E-state index in [2.05, 4.69) is 51.2 Å². The number of allylic oxidation sites excluding steroid dienone is 1. The summed E-state index contributed by atoms with van der Waals surface area (Å²) in [6.07, 6.45) is 6.86. The molecule has 1 aliphatic rings. The van der Waals surface area contributed by atoms with E-state index in [0.29, 0.717) is 19.0 Å². The van der Waals surface area contributed by atoms with Crippen LogP contribution in [0.4, 0.5) is 4.79 Å². The van der Waals surface area contributed by atoms with Crippen LogP contribution in [0.3, 0.4) is 0 Å². The second-order valence-corrected chi connectivity index (χ2v) is 14.9. The number of hydrogen-bond donors (Lipinski definition) is 1. The molecule has 1 saturated heterocycles. The lowest BCUT2D eigenvalue weighted by atomic mass is 9.91. The van der Waals surface area contributed by atoms with Crippen molar-refractivity contribution in [2.75, 3.05) is 13.1 Å². The summed E-state index contributed by atoms with van der Waals surface area (Å²) in [7, 11) is -1.96. The Morgan fingerprint density at radius 1 is 1.32 bits per heavy atom. The van der Waals surface area contributed by atoms with Gasteiger partial charge in [-0.05, 0) is 68.8 Å². The quantitative estimate of drug-likeness (QED) is 0.510. The van der Waals surface area contributed by atoms with Crippen molar-refractivity contribution < 1.29 is 18.9 Å². The van der Waals surface area contributed by atoms with Gasteiger partial charge >= 0.3 is 6.09 Å². The molecule has 31 heavy (non-hydrogen) atoms. The number of rotatable bonds is 6. The molecule has 0 saturated carbocycles. The molecule has 1 aromatic heterocycles. The Balaban J connectivity index is 1.81. The normalized spacial score (nSPS) is 16.4. The first-order chi connectivity index (χ1) is 14.5. The van der Waals surface area contributed by atoms with Crippen LogP contribution in [0.1, 0.15) is 58.2 Å². The fraction of sp³-hybridized carbons (Fsp3) is 0.583. The third-order valence-electron chi connectivity index (χ3n) is 6.85. The number of fused-ring (bicyclic) bond motifs is 1. The number of aromatic nitrogens is 1. The van der Waals surface area contributed by atoms with Gasteiger partial charge in [0.1, 0.15) is 5.75 Å². The molecule has 6 nitrogen and oxygen atoms in total. The Bertz CT molecular complexity index is 950. The first kappa shape index (κ1) is 23.4. The van der Waals surface area contributed by atoms with E-state index in [4.69, 9.17) is 14.1 Å². The summed E-state index contributed by atoms with van der Waals surface area (Å²) in [4.78, 5) is 12.6. The molecule has 0 unspecified atom stereocenters. The van der Waals surface area contributed by atoms with E-state index in [9.17, 15) is 4.79 Å².